The molecule has 112 valence electrons. The number of benzene rings is 1. The van der Waals surface area contributed by atoms with E-state index in [0.29, 0.717) is 17.6 Å². The molecule has 8 heteroatoms. The lowest BCUT2D eigenvalue weighted by molar-refractivity contribution is -0.118. The number of nitrogens with one attached hydrogen (secondary N) is 1. The Morgan fingerprint density at radius 2 is 2.10 bits per heavy atom. The van der Waals surface area contributed by atoms with Gasteiger partial charge in [-0.1, -0.05) is 25.6 Å². The molecule has 0 atom stereocenters. The van der Waals surface area contributed by atoms with Gasteiger partial charge in [0.2, 0.25) is 11.1 Å². The number of hydrogen-bond acceptors (Lipinski definition) is 6. The van der Waals surface area contributed by atoms with Crippen LogP contribution in [0.2, 0.25) is 0 Å². The molecule has 2 rings (SSSR count). The number of phenols is 1. The van der Waals surface area contributed by atoms with Crippen LogP contribution in [0.3, 0.4) is 0 Å². The smallest absolute Gasteiger partial charge is 0.230 e. The Morgan fingerprint density at radius 1 is 1.38 bits per heavy atom. The Labute approximate surface area is 126 Å². The highest BCUT2D eigenvalue weighted by Gasteiger charge is 2.11. The van der Waals surface area contributed by atoms with Crippen LogP contribution in [0, 0.1) is 5.92 Å². The molecule has 0 aliphatic carbocycles. The minimum atomic E-state index is -0.0473. The number of carbonyl (C=O) groups excluding carboxylic acids is 1. The number of hydrogen-bond donors (Lipinski definition) is 2. The van der Waals surface area contributed by atoms with Crippen molar-refractivity contribution < 1.29 is 9.90 Å². The average molecular weight is 307 g/mol. The Hall–Kier alpha value is -2.09. The topological polar surface area (TPSA) is 92.9 Å². The van der Waals surface area contributed by atoms with E-state index in [1.54, 1.807) is 24.3 Å². The summed E-state index contributed by atoms with van der Waals surface area (Å²) in [6.45, 7) is 4.74. The first-order chi connectivity index (χ1) is 10.1. The van der Waals surface area contributed by atoms with Gasteiger partial charge < -0.3 is 10.4 Å². The van der Waals surface area contributed by atoms with Crippen molar-refractivity contribution in [1.82, 2.24) is 25.5 Å². The highest BCUT2D eigenvalue weighted by molar-refractivity contribution is 7.99. The van der Waals surface area contributed by atoms with Crippen molar-refractivity contribution in [3.05, 3.63) is 24.3 Å². The summed E-state index contributed by atoms with van der Waals surface area (Å²) in [5.74, 6) is 0.801. The fourth-order valence-electron chi connectivity index (χ4n) is 1.52. The molecule has 1 heterocycles. The van der Waals surface area contributed by atoms with Gasteiger partial charge >= 0.3 is 0 Å². The van der Waals surface area contributed by atoms with Crippen molar-refractivity contribution in [3.8, 4) is 11.4 Å². The quantitative estimate of drug-likeness (QED) is 0.780. The number of aromatic nitrogens is 4. The van der Waals surface area contributed by atoms with E-state index in [9.17, 15) is 9.90 Å². The van der Waals surface area contributed by atoms with Gasteiger partial charge in [-0.15, -0.1) is 5.10 Å². The average Bonchev–Trinajstić information content (AvgIpc) is 2.92. The Balaban J connectivity index is 1.97. The molecule has 0 fully saturated rings. The lowest BCUT2D eigenvalue weighted by Crippen LogP contribution is -2.28. The SMILES string of the molecule is CC(C)CNC(=O)CSc1nnnn1-c1ccc(O)cc1. The normalized spacial score (nSPS) is 10.8. The molecule has 0 unspecified atom stereocenters. The van der Waals surface area contributed by atoms with E-state index >= 15 is 0 Å². The van der Waals surface area contributed by atoms with Gasteiger partial charge in [0.25, 0.3) is 0 Å². The molecule has 0 aliphatic heterocycles. The molecular weight excluding hydrogens is 290 g/mol. The highest BCUT2D eigenvalue weighted by Crippen LogP contribution is 2.19. The summed E-state index contributed by atoms with van der Waals surface area (Å²) in [5.41, 5.74) is 0.725. The van der Waals surface area contributed by atoms with Gasteiger partial charge in [-0.3, -0.25) is 4.79 Å². The fraction of sp³-hybridized carbons (Fsp3) is 0.385. The van der Waals surface area contributed by atoms with Gasteiger partial charge in [0.05, 0.1) is 11.4 Å². The third-order valence-electron chi connectivity index (χ3n) is 2.58. The molecule has 0 bridgehead atoms. The zero-order valence-electron chi connectivity index (χ0n) is 11.9. The number of carbonyl (C=O) groups is 1. The van der Waals surface area contributed by atoms with E-state index in [0.717, 1.165) is 5.69 Å². The maximum absolute atomic E-state index is 11.7. The summed E-state index contributed by atoms with van der Waals surface area (Å²) in [6, 6.07) is 6.52. The predicted molar refractivity (Wildman–Crippen MR) is 79.4 cm³/mol. The summed E-state index contributed by atoms with van der Waals surface area (Å²) >= 11 is 1.26. The van der Waals surface area contributed by atoms with Gasteiger partial charge in [0.1, 0.15) is 5.75 Å². The van der Waals surface area contributed by atoms with Crippen LogP contribution in [0.5, 0.6) is 5.75 Å². The van der Waals surface area contributed by atoms with Crippen LogP contribution in [0.1, 0.15) is 13.8 Å². The summed E-state index contributed by atoms with van der Waals surface area (Å²) in [4.78, 5) is 11.7. The standard InChI is InChI=1S/C13H17N5O2S/c1-9(2)7-14-12(20)8-21-13-15-16-17-18(13)10-3-5-11(19)6-4-10/h3-6,9,19H,7-8H2,1-2H3,(H,14,20). The van der Waals surface area contributed by atoms with Gasteiger partial charge in [-0.2, -0.15) is 4.68 Å². The first-order valence-corrected chi connectivity index (χ1v) is 7.52. The maximum atomic E-state index is 11.7. The Kier molecular flexibility index (Phi) is 5.15. The zero-order valence-corrected chi connectivity index (χ0v) is 12.7. The number of rotatable bonds is 6. The van der Waals surface area contributed by atoms with Gasteiger partial charge in [0.15, 0.2) is 0 Å². The highest BCUT2D eigenvalue weighted by atomic mass is 32.2. The molecular formula is C13H17N5O2S. The number of tetrazole rings is 1. The zero-order chi connectivity index (χ0) is 15.2. The molecule has 0 aliphatic rings. The monoisotopic (exact) mass is 307 g/mol. The molecule has 7 nitrogen and oxygen atoms in total. The van der Waals surface area contributed by atoms with E-state index in [-0.39, 0.29) is 17.4 Å². The van der Waals surface area contributed by atoms with Crippen LogP contribution in [0.4, 0.5) is 0 Å². The molecule has 0 saturated heterocycles. The molecule has 1 aromatic heterocycles. The van der Waals surface area contributed by atoms with E-state index in [1.807, 2.05) is 13.8 Å². The summed E-state index contributed by atoms with van der Waals surface area (Å²) in [7, 11) is 0. The summed E-state index contributed by atoms with van der Waals surface area (Å²) < 4.78 is 1.53. The largest absolute Gasteiger partial charge is 0.508 e. The molecule has 21 heavy (non-hydrogen) atoms. The second-order valence-electron chi connectivity index (χ2n) is 4.88. The predicted octanol–water partition coefficient (Wildman–Crippen LogP) is 1.23. The van der Waals surface area contributed by atoms with E-state index < -0.39 is 0 Å². The van der Waals surface area contributed by atoms with Crippen molar-refractivity contribution in [2.24, 2.45) is 5.92 Å². The van der Waals surface area contributed by atoms with Crippen LogP contribution in [-0.4, -0.2) is 43.5 Å². The van der Waals surface area contributed by atoms with Crippen molar-refractivity contribution in [2.45, 2.75) is 19.0 Å². The Morgan fingerprint density at radius 3 is 2.76 bits per heavy atom. The van der Waals surface area contributed by atoms with Gasteiger partial charge in [-0.05, 0) is 40.6 Å². The summed E-state index contributed by atoms with van der Waals surface area (Å²) in [6.07, 6.45) is 0. The second-order valence-corrected chi connectivity index (χ2v) is 5.82. The van der Waals surface area contributed by atoms with Crippen LogP contribution in [-0.2, 0) is 4.79 Å². The minimum absolute atomic E-state index is 0.0473. The van der Waals surface area contributed by atoms with Crippen molar-refractivity contribution in [1.29, 1.82) is 0 Å². The van der Waals surface area contributed by atoms with Crippen molar-refractivity contribution in [2.75, 3.05) is 12.3 Å². The first kappa shape index (κ1) is 15.3. The number of phenolic OH excluding ortho intramolecular Hbond substituents is 1. The molecule has 0 radical (unpaired) electrons. The van der Waals surface area contributed by atoms with Crippen LogP contribution >= 0.6 is 11.8 Å². The number of thioether (sulfide) groups is 1. The lowest BCUT2D eigenvalue weighted by Gasteiger charge is -2.07. The minimum Gasteiger partial charge on any atom is -0.508 e. The van der Waals surface area contributed by atoms with Crippen molar-refractivity contribution in [3.63, 3.8) is 0 Å². The molecule has 0 spiro atoms. The van der Waals surface area contributed by atoms with Gasteiger partial charge in [-0.25, -0.2) is 0 Å². The number of amides is 1. The lowest BCUT2D eigenvalue weighted by atomic mass is 10.2. The molecule has 1 amide bonds. The van der Waals surface area contributed by atoms with Gasteiger partial charge in [0, 0.05) is 6.54 Å². The van der Waals surface area contributed by atoms with Crippen LogP contribution in [0.15, 0.2) is 29.4 Å². The fourth-order valence-corrected chi connectivity index (χ4v) is 2.24. The third kappa shape index (κ3) is 4.45. The number of nitrogens with zero attached hydrogens (tertiary/aromatic N) is 4. The third-order valence-corrected chi connectivity index (χ3v) is 3.49. The summed E-state index contributed by atoms with van der Waals surface area (Å²) in [5, 5.41) is 24.1. The molecule has 2 aromatic rings. The van der Waals surface area contributed by atoms with Crippen molar-refractivity contribution >= 4 is 17.7 Å². The van der Waals surface area contributed by atoms with E-state index in [4.69, 9.17) is 0 Å². The molecule has 1 aromatic carbocycles. The second kappa shape index (κ2) is 7.07. The molecule has 0 saturated carbocycles. The maximum Gasteiger partial charge on any atom is 0.230 e. The number of aromatic hydroxyl groups is 1. The molecule has 2 N–H and O–H groups in total. The van der Waals surface area contributed by atoms with E-state index in [2.05, 4.69) is 20.8 Å². The van der Waals surface area contributed by atoms with Crippen LogP contribution < -0.4 is 5.32 Å². The first-order valence-electron chi connectivity index (χ1n) is 6.53. The van der Waals surface area contributed by atoms with E-state index in [1.165, 1.54) is 16.4 Å². The van der Waals surface area contributed by atoms with Crippen LogP contribution in [0.25, 0.3) is 5.69 Å². The Bertz CT molecular complexity index is 597.